The van der Waals surface area contributed by atoms with Gasteiger partial charge in [-0.3, -0.25) is 19.4 Å². The van der Waals surface area contributed by atoms with Gasteiger partial charge in [0.2, 0.25) is 11.8 Å². The maximum atomic E-state index is 13.4. The van der Waals surface area contributed by atoms with E-state index in [2.05, 4.69) is 39.5 Å². The van der Waals surface area contributed by atoms with E-state index in [0.717, 1.165) is 43.6 Å². The molecule has 2 saturated heterocycles. The molecule has 0 saturated carbocycles. The SMILES string of the molecule is CCN1CCC[C@H]1CNC(=O)[C@H]1C[C@@H](C(=O)Nc2ccc3c(c2)CCC3)CN(Cc2ccc(O)cc2)C1. The number of likely N-dealkylation sites (tertiary alicyclic amines) is 2. The van der Waals surface area contributed by atoms with Crippen LogP contribution in [0.1, 0.15) is 49.3 Å². The first-order chi connectivity index (χ1) is 18.0. The Bertz CT molecular complexity index is 1100. The number of aryl methyl sites for hydroxylation is 2. The second kappa shape index (κ2) is 11.7. The molecule has 3 aliphatic rings. The molecule has 5 rings (SSSR count). The zero-order valence-corrected chi connectivity index (χ0v) is 21.9. The van der Waals surface area contributed by atoms with E-state index in [9.17, 15) is 14.7 Å². The first kappa shape index (κ1) is 25.7. The van der Waals surface area contributed by atoms with Gasteiger partial charge in [-0.05, 0) is 92.6 Å². The molecule has 2 fully saturated rings. The third-order valence-corrected chi connectivity index (χ3v) is 8.39. The van der Waals surface area contributed by atoms with Crippen molar-refractivity contribution in [2.45, 2.75) is 58.0 Å². The highest BCUT2D eigenvalue weighted by molar-refractivity contribution is 5.93. The highest BCUT2D eigenvalue weighted by atomic mass is 16.3. The minimum Gasteiger partial charge on any atom is -0.508 e. The number of nitrogens with one attached hydrogen (secondary N) is 2. The van der Waals surface area contributed by atoms with Crippen LogP contribution in [-0.4, -0.2) is 65.5 Å². The normalized spacial score (nSPS) is 24.1. The Kier molecular flexibility index (Phi) is 8.11. The first-order valence-electron chi connectivity index (χ1n) is 13.9. The van der Waals surface area contributed by atoms with Gasteiger partial charge in [0.1, 0.15) is 5.75 Å². The van der Waals surface area contributed by atoms with Gasteiger partial charge in [-0.2, -0.15) is 0 Å². The number of amides is 2. The average Bonchev–Trinajstić information content (AvgIpc) is 3.57. The molecule has 0 spiro atoms. The number of carbonyl (C=O) groups excluding carboxylic acids is 2. The van der Waals surface area contributed by atoms with Crippen LogP contribution in [0.2, 0.25) is 0 Å². The van der Waals surface area contributed by atoms with Gasteiger partial charge in [-0.15, -0.1) is 0 Å². The van der Waals surface area contributed by atoms with E-state index in [1.807, 2.05) is 18.2 Å². The predicted octanol–water partition coefficient (Wildman–Crippen LogP) is 3.56. The van der Waals surface area contributed by atoms with Crippen LogP contribution in [0.3, 0.4) is 0 Å². The molecule has 7 heteroatoms. The van der Waals surface area contributed by atoms with E-state index in [0.29, 0.717) is 38.6 Å². The Hall–Kier alpha value is -2.90. The van der Waals surface area contributed by atoms with Crippen LogP contribution in [0, 0.1) is 11.8 Å². The summed E-state index contributed by atoms with van der Waals surface area (Å²) in [5.41, 5.74) is 4.63. The van der Waals surface area contributed by atoms with Gasteiger partial charge in [0.25, 0.3) is 0 Å². The number of likely N-dealkylation sites (N-methyl/N-ethyl adjacent to an activating group) is 1. The molecule has 2 aromatic rings. The van der Waals surface area contributed by atoms with Gasteiger partial charge in [0, 0.05) is 37.9 Å². The summed E-state index contributed by atoms with van der Waals surface area (Å²) < 4.78 is 0. The molecule has 7 nitrogen and oxygen atoms in total. The van der Waals surface area contributed by atoms with Gasteiger partial charge >= 0.3 is 0 Å². The fourth-order valence-corrected chi connectivity index (χ4v) is 6.36. The first-order valence-corrected chi connectivity index (χ1v) is 13.9. The molecule has 37 heavy (non-hydrogen) atoms. The summed E-state index contributed by atoms with van der Waals surface area (Å²) >= 11 is 0. The molecular formula is C30H40N4O3. The van der Waals surface area contributed by atoms with Gasteiger partial charge in [-0.1, -0.05) is 25.1 Å². The summed E-state index contributed by atoms with van der Waals surface area (Å²) in [7, 11) is 0. The number of phenolic OH excluding ortho intramolecular Hbond substituents is 1. The average molecular weight is 505 g/mol. The smallest absolute Gasteiger partial charge is 0.228 e. The van der Waals surface area contributed by atoms with Gasteiger partial charge in [0.15, 0.2) is 0 Å². The summed E-state index contributed by atoms with van der Waals surface area (Å²) in [4.78, 5) is 31.4. The Morgan fingerprint density at radius 1 is 0.973 bits per heavy atom. The Morgan fingerprint density at radius 2 is 1.73 bits per heavy atom. The van der Waals surface area contributed by atoms with Crippen LogP contribution >= 0.6 is 0 Å². The van der Waals surface area contributed by atoms with E-state index < -0.39 is 0 Å². The molecule has 2 heterocycles. The Labute approximate surface area is 220 Å². The monoisotopic (exact) mass is 504 g/mol. The number of anilines is 1. The van der Waals surface area contributed by atoms with Gasteiger partial charge < -0.3 is 15.7 Å². The summed E-state index contributed by atoms with van der Waals surface area (Å²) in [5, 5.41) is 16.0. The van der Waals surface area contributed by atoms with Crippen molar-refractivity contribution < 1.29 is 14.7 Å². The second-order valence-electron chi connectivity index (χ2n) is 11.0. The number of phenols is 1. The lowest BCUT2D eigenvalue weighted by Gasteiger charge is -2.37. The van der Waals surface area contributed by atoms with Crippen LogP contribution in [0.5, 0.6) is 5.75 Å². The molecule has 0 radical (unpaired) electrons. The third kappa shape index (κ3) is 6.33. The fraction of sp³-hybridized carbons (Fsp3) is 0.533. The maximum absolute atomic E-state index is 13.4. The lowest BCUT2D eigenvalue weighted by molar-refractivity contribution is -0.130. The van der Waals surface area contributed by atoms with Crippen LogP contribution in [0.25, 0.3) is 0 Å². The van der Waals surface area contributed by atoms with Crippen LogP contribution < -0.4 is 10.6 Å². The number of piperidine rings is 1. The summed E-state index contributed by atoms with van der Waals surface area (Å²) in [6.45, 7) is 6.82. The van der Waals surface area contributed by atoms with Crippen molar-refractivity contribution in [2.75, 3.05) is 38.0 Å². The molecule has 2 aromatic carbocycles. The topological polar surface area (TPSA) is 84.9 Å². The zero-order chi connectivity index (χ0) is 25.8. The highest BCUT2D eigenvalue weighted by Crippen LogP contribution is 2.28. The quantitative estimate of drug-likeness (QED) is 0.512. The summed E-state index contributed by atoms with van der Waals surface area (Å²) in [6, 6.07) is 13.8. The number of rotatable bonds is 8. The molecule has 0 aromatic heterocycles. The minimum atomic E-state index is -0.270. The largest absolute Gasteiger partial charge is 0.508 e. The number of benzene rings is 2. The zero-order valence-electron chi connectivity index (χ0n) is 21.9. The van der Waals surface area contributed by atoms with Crippen molar-refractivity contribution in [3.8, 4) is 5.75 Å². The lowest BCUT2D eigenvalue weighted by Crippen LogP contribution is -2.50. The Morgan fingerprint density at radius 3 is 2.51 bits per heavy atom. The van der Waals surface area contributed by atoms with Crippen molar-refractivity contribution in [1.82, 2.24) is 15.1 Å². The highest BCUT2D eigenvalue weighted by Gasteiger charge is 2.36. The number of carbonyl (C=O) groups is 2. The predicted molar refractivity (Wildman–Crippen MR) is 145 cm³/mol. The van der Waals surface area contributed by atoms with Gasteiger partial charge in [-0.25, -0.2) is 0 Å². The van der Waals surface area contributed by atoms with E-state index >= 15 is 0 Å². The molecule has 3 N–H and O–H groups in total. The second-order valence-corrected chi connectivity index (χ2v) is 11.0. The lowest BCUT2D eigenvalue weighted by atomic mass is 9.87. The number of hydrogen-bond acceptors (Lipinski definition) is 5. The molecule has 0 unspecified atom stereocenters. The van der Waals surface area contributed by atoms with Crippen molar-refractivity contribution in [3.63, 3.8) is 0 Å². The Balaban J connectivity index is 1.26. The summed E-state index contributed by atoms with van der Waals surface area (Å²) in [6.07, 6.45) is 6.22. The number of nitrogens with zero attached hydrogens (tertiary/aromatic N) is 2. The molecule has 3 atom stereocenters. The number of hydrogen-bond donors (Lipinski definition) is 3. The molecule has 1 aliphatic carbocycles. The fourth-order valence-electron chi connectivity index (χ4n) is 6.36. The molecule has 0 bridgehead atoms. The van der Waals surface area contributed by atoms with Crippen molar-refractivity contribution in [3.05, 3.63) is 59.2 Å². The number of fused-ring (bicyclic) bond motifs is 1. The maximum Gasteiger partial charge on any atom is 0.228 e. The molecular weight excluding hydrogens is 464 g/mol. The third-order valence-electron chi connectivity index (χ3n) is 8.39. The van der Waals surface area contributed by atoms with Crippen molar-refractivity contribution in [2.24, 2.45) is 11.8 Å². The minimum absolute atomic E-state index is 0.0147. The molecule has 2 amide bonds. The van der Waals surface area contributed by atoms with E-state index in [4.69, 9.17) is 0 Å². The van der Waals surface area contributed by atoms with E-state index in [-0.39, 0.29) is 29.4 Å². The molecule has 198 valence electrons. The van der Waals surface area contributed by atoms with Gasteiger partial charge in [0.05, 0.1) is 11.8 Å². The van der Waals surface area contributed by atoms with Crippen molar-refractivity contribution in [1.29, 1.82) is 0 Å². The van der Waals surface area contributed by atoms with Crippen LogP contribution in [0.15, 0.2) is 42.5 Å². The summed E-state index contributed by atoms with van der Waals surface area (Å²) in [5.74, 6) is -0.237. The standard InChI is InChI=1S/C30H40N4O3/c1-2-34-14-4-7-27(34)17-31-29(36)24-15-25(20-33(19-24)18-21-8-12-28(35)13-9-21)30(37)32-26-11-10-22-5-3-6-23(22)16-26/h8-13,16,24-25,27,35H,2-7,14-15,17-20H2,1H3,(H,31,36)(H,32,37)/t24-,25+,27-/m0/s1. The number of aromatic hydroxyl groups is 1. The van der Waals surface area contributed by atoms with Crippen molar-refractivity contribution >= 4 is 17.5 Å². The van der Waals surface area contributed by atoms with Crippen LogP contribution in [0.4, 0.5) is 5.69 Å². The molecule has 2 aliphatic heterocycles. The van der Waals surface area contributed by atoms with Crippen LogP contribution in [-0.2, 0) is 29.0 Å². The van der Waals surface area contributed by atoms with E-state index in [1.54, 1.807) is 12.1 Å². The van der Waals surface area contributed by atoms with E-state index in [1.165, 1.54) is 24.0 Å².